The van der Waals surface area contributed by atoms with Crippen molar-refractivity contribution in [3.8, 4) is 11.5 Å². The van der Waals surface area contributed by atoms with Crippen molar-refractivity contribution < 1.29 is 19.1 Å². The van der Waals surface area contributed by atoms with Gasteiger partial charge in [-0.2, -0.15) is 0 Å². The van der Waals surface area contributed by atoms with E-state index >= 15 is 0 Å². The second kappa shape index (κ2) is 6.83. The summed E-state index contributed by atoms with van der Waals surface area (Å²) in [6.07, 6.45) is 0.307. The average Bonchev–Trinajstić information content (AvgIpc) is 2.74. The molecule has 1 aliphatic rings. The molecule has 118 valence electrons. The van der Waals surface area contributed by atoms with Gasteiger partial charge in [0, 0.05) is 5.69 Å². The number of anilines is 2. The van der Waals surface area contributed by atoms with E-state index in [9.17, 15) is 9.59 Å². The second-order valence-electron chi connectivity index (χ2n) is 5.01. The van der Waals surface area contributed by atoms with Gasteiger partial charge in [0.05, 0.1) is 18.7 Å². The Balaban J connectivity index is 1.61. The van der Waals surface area contributed by atoms with Crippen LogP contribution in [0.25, 0.3) is 0 Å². The Labute approximate surface area is 133 Å². The molecule has 23 heavy (non-hydrogen) atoms. The average molecular weight is 312 g/mol. The molecule has 2 amide bonds. The summed E-state index contributed by atoms with van der Waals surface area (Å²) in [5.41, 5.74) is 1.12. The molecule has 0 aliphatic carbocycles. The predicted molar refractivity (Wildman–Crippen MR) is 85.8 cm³/mol. The number of nitrogens with one attached hydrogen (secondary N) is 2. The molecule has 0 fully saturated rings. The van der Waals surface area contributed by atoms with Crippen LogP contribution in [0.4, 0.5) is 11.4 Å². The number of rotatable bonds is 4. The minimum atomic E-state index is -0.283. The van der Waals surface area contributed by atoms with Crippen LogP contribution in [0, 0.1) is 0 Å². The van der Waals surface area contributed by atoms with Crippen molar-refractivity contribution in [3.63, 3.8) is 0 Å². The molecule has 0 saturated heterocycles. The van der Waals surface area contributed by atoms with Gasteiger partial charge < -0.3 is 20.1 Å². The van der Waals surface area contributed by atoms with Gasteiger partial charge >= 0.3 is 0 Å². The van der Waals surface area contributed by atoms with Crippen LogP contribution in [0.15, 0.2) is 48.5 Å². The number of benzene rings is 2. The summed E-state index contributed by atoms with van der Waals surface area (Å²) >= 11 is 0. The van der Waals surface area contributed by atoms with Crippen LogP contribution in [0.1, 0.15) is 6.42 Å². The first-order valence-corrected chi connectivity index (χ1v) is 7.25. The molecule has 2 aromatic carbocycles. The number of carbonyl (C=O) groups is 2. The van der Waals surface area contributed by atoms with Gasteiger partial charge in [-0.1, -0.05) is 18.2 Å². The Morgan fingerprint density at radius 2 is 2.04 bits per heavy atom. The van der Waals surface area contributed by atoms with Crippen molar-refractivity contribution in [1.82, 2.24) is 0 Å². The molecule has 0 spiro atoms. The van der Waals surface area contributed by atoms with E-state index in [0.717, 1.165) is 0 Å². The number of amides is 2. The lowest BCUT2D eigenvalue weighted by Gasteiger charge is -2.11. The monoisotopic (exact) mass is 312 g/mol. The number of ether oxygens (including phenoxy) is 2. The van der Waals surface area contributed by atoms with E-state index in [1.165, 1.54) is 0 Å². The molecule has 6 nitrogen and oxygen atoms in total. The molecule has 0 atom stereocenters. The van der Waals surface area contributed by atoms with Crippen LogP contribution in [-0.4, -0.2) is 25.0 Å². The Morgan fingerprint density at radius 1 is 1.22 bits per heavy atom. The zero-order valence-corrected chi connectivity index (χ0v) is 12.4. The highest BCUT2D eigenvalue weighted by molar-refractivity contribution is 5.96. The number of hydrogen-bond donors (Lipinski definition) is 2. The minimum Gasteiger partial charge on any atom is -0.491 e. The minimum absolute atomic E-state index is 0.0933. The van der Waals surface area contributed by atoms with Gasteiger partial charge in [0.1, 0.15) is 11.5 Å². The summed E-state index contributed by atoms with van der Waals surface area (Å²) < 4.78 is 10.8. The smallest absolute Gasteiger partial charge is 0.262 e. The summed E-state index contributed by atoms with van der Waals surface area (Å²) in [7, 11) is 0. The lowest BCUT2D eigenvalue weighted by Crippen LogP contribution is -2.20. The molecule has 2 N–H and O–H groups in total. The highest BCUT2D eigenvalue weighted by atomic mass is 16.5. The highest BCUT2D eigenvalue weighted by Crippen LogP contribution is 2.30. The van der Waals surface area contributed by atoms with E-state index < -0.39 is 0 Å². The Bertz CT molecular complexity index is 716. The standard InChI is InChI=1S/C17H16N2O4/c20-16-8-9-22-15-7-6-12(10-14(15)19-16)18-17(21)11-23-13-4-2-1-3-5-13/h1-7,10H,8-9,11H2,(H,18,21)(H,19,20). The van der Waals surface area contributed by atoms with E-state index in [1.54, 1.807) is 30.3 Å². The fraction of sp³-hybridized carbons (Fsp3) is 0.176. The van der Waals surface area contributed by atoms with Crippen molar-refractivity contribution in [1.29, 1.82) is 0 Å². The second-order valence-corrected chi connectivity index (χ2v) is 5.01. The van der Waals surface area contributed by atoms with Crippen LogP contribution in [0.3, 0.4) is 0 Å². The van der Waals surface area contributed by atoms with Crippen molar-refractivity contribution in [2.45, 2.75) is 6.42 Å². The number of carbonyl (C=O) groups excluding carboxylic acids is 2. The quantitative estimate of drug-likeness (QED) is 0.909. The number of fused-ring (bicyclic) bond motifs is 1. The maximum Gasteiger partial charge on any atom is 0.262 e. The Morgan fingerprint density at radius 3 is 2.87 bits per heavy atom. The SMILES string of the molecule is O=C(COc1ccccc1)Nc1ccc2c(c1)NC(=O)CCO2. The lowest BCUT2D eigenvalue weighted by atomic mass is 10.2. The fourth-order valence-corrected chi connectivity index (χ4v) is 2.16. The van der Waals surface area contributed by atoms with E-state index in [-0.39, 0.29) is 18.4 Å². The van der Waals surface area contributed by atoms with E-state index in [1.807, 2.05) is 18.2 Å². The number of para-hydroxylation sites is 1. The topological polar surface area (TPSA) is 76.7 Å². The van der Waals surface area contributed by atoms with Gasteiger partial charge in [-0.15, -0.1) is 0 Å². The first-order valence-electron chi connectivity index (χ1n) is 7.25. The molecule has 0 unspecified atom stereocenters. The highest BCUT2D eigenvalue weighted by Gasteiger charge is 2.14. The van der Waals surface area contributed by atoms with Gasteiger partial charge in [0.15, 0.2) is 6.61 Å². The van der Waals surface area contributed by atoms with Crippen LogP contribution < -0.4 is 20.1 Å². The first-order chi connectivity index (χ1) is 11.2. The zero-order chi connectivity index (χ0) is 16.1. The van der Waals surface area contributed by atoms with E-state index in [0.29, 0.717) is 35.9 Å². The molecular formula is C17H16N2O4. The molecule has 0 saturated carbocycles. The van der Waals surface area contributed by atoms with Crippen molar-refractivity contribution >= 4 is 23.2 Å². The van der Waals surface area contributed by atoms with Gasteiger partial charge in [0.2, 0.25) is 5.91 Å². The van der Waals surface area contributed by atoms with E-state index in [2.05, 4.69) is 10.6 Å². The zero-order valence-electron chi connectivity index (χ0n) is 12.4. The normalized spacial score (nSPS) is 13.1. The summed E-state index contributed by atoms with van der Waals surface area (Å²) in [6.45, 7) is 0.249. The largest absolute Gasteiger partial charge is 0.491 e. The molecule has 6 heteroatoms. The summed E-state index contributed by atoms with van der Waals surface area (Å²) in [4.78, 5) is 23.5. The Kier molecular flexibility index (Phi) is 4.42. The van der Waals surface area contributed by atoms with Gasteiger partial charge in [-0.3, -0.25) is 9.59 Å². The van der Waals surface area contributed by atoms with Crippen LogP contribution >= 0.6 is 0 Å². The first kappa shape index (κ1) is 14.9. The molecule has 3 rings (SSSR count). The lowest BCUT2D eigenvalue weighted by molar-refractivity contribution is -0.118. The van der Waals surface area contributed by atoms with Crippen molar-refractivity contribution in [2.24, 2.45) is 0 Å². The molecule has 1 aliphatic heterocycles. The third-order valence-electron chi connectivity index (χ3n) is 3.24. The van der Waals surface area contributed by atoms with Crippen LogP contribution in [0.2, 0.25) is 0 Å². The van der Waals surface area contributed by atoms with Crippen LogP contribution in [0.5, 0.6) is 11.5 Å². The third kappa shape index (κ3) is 4.00. The predicted octanol–water partition coefficient (Wildman–Crippen LogP) is 2.43. The summed E-state index contributed by atoms with van der Waals surface area (Å²) in [5, 5.41) is 5.47. The molecular weight excluding hydrogens is 296 g/mol. The maximum atomic E-state index is 11.9. The molecule has 2 aromatic rings. The van der Waals surface area contributed by atoms with Gasteiger partial charge in [-0.25, -0.2) is 0 Å². The van der Waals surface area contributed by atoms with Gasteiger partial charge in [0.25, 0.3) is 5.91 Å². The summed E-state index contributed by atoms with van der Waals surface area (Å²) in [6, 6.07) is 14.2. The van der Waals surface area contributed by atoms with Crippen molar-refractivity contribution in [3.05, 3.63) is 48.5 Å². The molecule has 0 bridgehead atoms. The van der Waals surface area contributed by atoms with E-state index in [4.69, 9.17) is 9.47 Å². The van der Waals surface area contributed by atoms with Crippen LogP contribution in [-0.2, 0) is 9.59 Å². The Hall–Kier alpha value is -3.02. The molecule has 1 heterocycles. The number of hydrogen-bond acceptors (Lipinski definition) is 4. The molecule has 0 aromatic heterocycles. The van der Waals surface area contributed by atoms with Crippen molar-refractivity contribution in [2.75, 3.05) is 23.8 Å². The fourth-order valence-electron chi connectivity index (χ4n) is 2.16. The molecule has 0 radical (unpaired) electrons. The third-order valence-corrected chi connectivity index (χ3v) is 3.24. The van der Waals surface area contributed by atoms with Gasteiger partial charge in [-0.05, 0) is 30.3 Å². The maximum absolute atomic E-state index is 11.9. The summed E-state index contributed by atoms with van der Waals surface area (Å²) in [5.74, 6) is 0.828.